The number of amides is 1. The number of ether oxygens (including phenoxy) is 1. The third-order valence-electron chi connectivity index (χ3n) is 4.53. The SMILES string of the molecule is CCN(CC)CCN(C(=O)c1ccn(C)n1)c1nc2ccc(OC)cc2s1.Cl. The Balaban J connectivity index is 0.00000280. The third-order valence-corrected chi connectivity index (χ3v) is 5.57. The summed E-state index contributed by atoms with van der Waals surface area (Å²) in [5.41, 5.74) is 1.28. The number of nitrogens with zero attached hydrogens (tertiary/aromatic N) is 5. The van der Waals surface area contributed by atoms with Gasteiger partial charge in [0.15, 0.2) is 10.8 Å². The highest BCUT2D eigenvalue weighted by Gasteiger charge is 2.23. The number of carbonyl (C=O) groups excluding carboxylic acids is 1. The molecule has 0 saturated carbocycles. The lowest BCUT2D eigenvalue weighted by Crippen LogP contribution is -2.39. The van der Waals surface area contributed by atoms with Crippen molar-refractivity contribution in [3.63, 3.8) is 0 Å². The van der Waals surface area contributed by atoms with Crippen LogP contribution in [0.4, 0.5) is 5.13 Å². The summed E-state index contributed by atoms with van der Waals surface area (Å²) in [7, 11) is 3.45. The maximum Gasteiger partial charge on any atom is 0.280 e. The van der Waals surface area contributed by atoms with E-state index in [0.717, 1.165) is 35.6 Å². The Morgan fingerprint density at radius 2 is 1.96 bits per heavy atom. The van der Waals surface area contributed by atoms with Gasteiger partial charge in [0.1, 0.15) is 5.75 Å². The number of halogens is 1. The van der Waals surface area contributed by atoms with E-state index < -0.39 is 0 Å². The number of hydrogen-bond donors (Lipinski definition) is 0. The van der Waals surface area contributed by atoms with E-state index in [1.54, 1.807) is 36.0 Å². The van der Waals surface area contributed by atoms with Crippen molar-refractivity contribution >= 4 is 45.0 Å². The molecule has 0 radical (unpaired) electrons. The molecule has 3 aromatic rings. The van der Waals surface area contributed by atoms with Gasteiger partial charge < -0.3 is 9.64 Å². The summed E-state index contributed by atoms with van der Waals surface area (Å²) < 4.78 is 7.93. The van der Waals surface area contributed by atoms with Crippen molar-refractivity contribution in [2.75, 3.05) is 38.2 Å². The van der Waals surface area contributed by atoms with E-state index in [-0.39, 0.29) is 18.3 Å². The van der Waals surface area contributed by atoms with E-state index in [0.29, 0.717) is 17.4 Å². The molecule has 0 spiro atoms. The second-order valence-electron chi connectivity index (χ2n) is 6.19. The number of aromatic nitrogens is 3. The van der Waals surface area contributed by atoms with Crippen LogP contribution in [0.2, 0.25) is 0 Å². The number of fused-ring (bicyclic) bond motifs is 1. The van der Waals surface area contributed by atoms with Crippen LogP contribution in [0.15, 0.2) is 30.5 Å². The van der Waals surface area contributed by atoms with Crippen molar-refractivity contribution in [3.8, 4) is 5.75 Å². The minimum atomic E-state index is -0.131. The zero-order valence-electron chi connectivity index (χ0n) is 16.6. The first-order valence-electron chi connectivity index (χ1n) is 9.04. The Morgan fingerprint density at radius 3 is 2.57 bits per heavy atom. The summed E-state index contributed by atoms with van der Waals surface area (Å²) >= 11 is 1.49. The molecule has 0 N–H and O–H groups in total. The van der Waals surface area contributed by atoms with Crippen LogP contribution in [-0.4, -0.2) is 58.9 Å². The number of aryl methyl sites for hydroxylation is 1. The van der Waals surface area contributed by atoms with E-state index in [1.165, 1.54) is 11.3 Å². The Hall–Kier alpha value is -2.16. The second-order valence-corrected chi connectivity index (χ2v) is 7.20. The molecule has 0 aliphatic heterocycles. The normalized spacial score (nSPS) is 10.9. The highest BCUT2D eigenvalue weighted by molar-refractivity contribution is 7.22. The van der Waals surface area contributed by atoms with Gasteiger partial charge in [-0.1, -0.05) is 25.2 Å². The summed E-state index contributed by atoms with van der Waals surface area (Å²) in [6.07, 6.45) is 1.78. The molecule has 0 aliphatic rings. The topological polar surface area (TPSA) is 63.5 Å². The minimum Gasteiger partial charge on any atom is -0.497 e. The van der Waals surface area contributed by atoms with Crippen LogP contribution < -0.4 is 9.64 Å². The number of hydrogen-bond acceptors (Lipinski definition) is 6. The molecule has 0 unspecified atom stereocenters. The summed E-state index contributed by atoms with van der Waals surface area (Å²) in [5.74, 6) is 0.650. The first kappa shape index (κ1) is 22.1. The van der Waals surface area contributed by atoms with Crippen molar-refractivity contribution < 1.29 is 9.53 Å². The van der Waals surface area contributed by atoms with E-state index in [1.807, 2.05) is 18.2 Å². The molecule has 0 saturated heterocycles. The molecule has 9 heteroatoms. The number of likely N-dealkylation sites (N-methyl/N-ethyl adjacent to an activating group) is 1. The van der Waals surface area contributed by atoms with E-state index in [4.69, 9.17) is 4.74 Å². The third kappa shape index (κ3) is 4.81. The predicted octanol–water partition coefficient (Wildman–Crippen LogP) is 3.45. The summed E-state index contributed by atoms with van der Waals surface area (Å²) in [5, 5.41) is 4.96. The van der Waals surface area contributed by atoms with E-state index in [9.17, 15) is 4.79 Å². The van der Waals surface area contributed by atoms with E-state index in [2.05, 4.69) is 28.8 Å². The molecular weight excluding hydrogens is 398 g/mol. The second kappa shape index (κ2) is 9.86. The van der Waals surface area contributed by atoms with Crippen LogP contribution >= 0.6 is 23.7 Å². The van der Waals surface area contributed by atoms with Crippen LogP contribution in [0.25, 0.3) is 10.2 Å². The lowest BCUT2D eigenvalue weighted by Gasteiger charge is -2.24. The van der Waals surface area contributed by atoms with Crippen LogP contribution in [0.1, 0.15) is 24.3 Å². The molecule has 28 heavy (non-hydrogen) atoms. The molecule has 0 aliphatic carbocycles. The molecule has 0 bridgehead atoms. The van der Waals surface area contributed by atoms with Gasteiger partial charge in [-0.3, -0.25) is 14.4 Å². The van der Waals surface area contributed by atoms with Crippen LogP contribution in [0.5, 0.6) is 5.75 Å². The zero-order chi connectivity index (χ0) is 19.4. The largest absolute Gasteiger partial charge is 0.497 e. The average molecular weight is 424 g/mol. The minimum absolute atomic E-state index is 0. The number of methoxy groups -OCH3 is 1. The van der Waals surface area contributed by atoms with Gasteiger partial charge in [0.2, 0.25) is 0 Å². The van der Waals surface area contributed by atoms with Crippen LogP contribution in [0.3, 0.4) is 0 Å². The molecule has 7 nitrogen and oxygen atoms in total. The van der Waals surface area contributed by atoms with Gasteiger partial charge in [0.05, 0.1) is 17.3 Å². The van der Waals surface area contributed by atoms with Crippen molar-refractivity contribution in [2.24, 2.45) is 7.05 Å². The number of benzene rings is 1. The average Bonchev–Trinajstić information content (AvgIpc) is 3.30. The maximum absolute atomic E-state index is 13.1. The first-order valence-corrected chi connectivity index (χ1v) is 9.85. The predicted molar refractivity (Wildman–Crippen MR) is 116 cm³/mol. The number of rotatable bonds is 8. The molecule has 0 fully saturated rings. The molecule has 3 rings (SSSR count). The van der Waals surface area contributed by atoms with Crippen molar-refractivity contribution in [1.82, 2.24) is 19.7 Å². The number of carbonyl (C=O) groups is 1. The van der Waals surface area contributed by atoms with Crippen molar-refractivity contribution in [1.29, 1.82) is 0 Å². The Kier molecular flexibility index (Phi) is 7.79. The summed E-state index contributed by atoms with van der Waals surface area (Å²) in [6.45, 7) is 7.48. The fourth-order valence-corrected chi connectivity index (χ4v) is 3.89. The monoisotopic (exact) mass is 423 g/mol. The van der Waals surface area contributed by atoms with Gasteiger partial charge in [0, 0.05) is 26.3 Å². The molecule has 152 valence electrons. The standard InChI is InChI=1S/C19H25N5O2S.ClH/c1-5-23(6-2)11-12-24(18(25)16-9-10-22(3)21-16)19-20-15-8-7-14(26-4)13-17(15)27-19;/h7-10,13H,5-6,11-12H2,1-4H3;1H. The molecular formula is C19H26ClN5O2S. The smallest absolute Gasteiger partial charge is 0.280 e. The zero-order valence-corrected chi connectivity index (χ0v) is 18.2. The number of thiazole rings is 1. The molecule has 2 aromatic heterocycles. The van der Waals surface area contributed by atoms with Gasteiger partial charge in [0.25, 0.3) is 5.91 Å². The molecule has 1 amide bonds. The lowest BCUT2D eigenvalue weighted by molar-refractivity contribution is 0.0978. The Bertz CT molecular complexity index is 922. The molecule has 2 heterocycles. The lowest BCUT2D eigenvalue weighted by atomic mass is 10.3. The summed E-state index contributed by atoms with van der Waals surface area (Å²) in [6, 6.07) is 7.49. The van der Waals surface area contributed by atoms with Gasteiger partial charge in [-0.2, -0.15) is 5.10 Å². The van der Waals surface area contributed by atoms with Crippen LogP contribution in [0, 0.1) is 0 Å². The fraction of sp³-hybridized carbons (Fsp3) is 0.421. The molecule has 0 atom stereocenters. The van der Waals surface area contributed by atoms with Crippen molar-refractivity contribution in [2.45, 2.75) is 13.8 Å². The fourth-order valence-electron chi connectivity index (χ4n) is 2.87. The maximum atomic E-state index is 13.1. The van der Waals surface area contributed by atoms with Gasteiger partial charge >= 0.3 is 0 Å². The Labute approximate surface area is 175 Å². The van der Waals surface area contributed by atoms with Gasteiger partial charge in [-0.05, 0) is 37.4 Å². The van der Waals surface area contributed by atoms with Crippen molar-refractivity contribution in [3.05, 3.63) is 36.2 Å². The highest BCUT2D eigenvalue weighted by atomic mass is 35.5. The molecule has 1 aromatic carbocycles. The first-order chi connectivity index (χ1) is 13.0. The van der Waals surface area contributed by atoms with Crippen LogP contribution in [-0.2, 0) is 7.05 Å². The van der Waals surface area contributed by atoms with Gasteiger partial charge in [-0.25, -0.2) is 4.98 Å². The summed E-state index contributed by atoms with van der Waals surface area (Å²) in [4.78, 5) is 21.8. The van der Waals surface area contributed by atoms with E-state index >= 15 is 0 Å². The number of anilines is 1. The Morgan fingerprint density at radius 1 is 1.21 bits per heavy atom. The quantitative estimate of drug-likeness (QED) is 0.555. The van der Waals surface area contributed by atoms with Gasteiger partial charge in [-0.15, -0.1) is 12.4 Å². The highest BCUT2D eigenvalue weighted by Crippen LogP contribution is 2.32.